The lowest BCUT2D eigenvalue weighted by Crippen LogP contribution is -2.49. The summed E-state index contributed by atoms with van der Waals surface area (Å²) in [4.78, 5) is 0.318. The molecular formula is C13H19ClN2O2S. The van der Waals surface area contributed by atoms with Crippen LogP contribution in [0.25, 0.3) is 0 Å². The summed E-state index contributed by atoms with van der Waals surface area (Å²) in [6.45, 7) is 4.72. The highest BCUT2D eigenvalue weighted by atomic mass is 35.5. The van der Waals surface area contributed by atoms with Gasteiger partial charge in [-0.25, -0.2) is 8.42 Å². The van der Waals surface area contributed by atoms with Crippen LogP contribution in [0.5, 0.6) is 0 Å². The number of sulfonamides is 1. The number of halogens is 1. The molecule has 1 aliphatic heterocycles. The Labute approximate surface area is 119 Å². The molecule has 4 nitrogen and oxygen atoms in total. The van der Waals surface area contributed by atoms with Crippen molar-refractivity contribution in [3.8, 4) is 0 Å². The van der Waals surface area contributed by atoms with E-state index in [9.17, 15) is 8.42 Å². The van der Waals surface area contributed by atoms with Gasteiger partial charge in [-0.3, -0.25) is 0 Å². The summed E-state index contributed by atoms with van der Waals surface area (Å²) in [7, 11) is -3.47. The first kappa shape index (κ1) is 14.8. The van der Waals surface area contributed by atoms with Gasteiger partial charge >= 0.3 is 0 Å². The van der Waals surface area contributed by atoms with Crippen molar-refractivity contribution in [3.05, 3.63) is 28.8 Å². The van der Waals surface area contributed by atoms with Crippen LogP contribution in [0, 0.1) is 12.8 Å². The fraction of sp³-hybridized carbons (Fsp3) is 0.538. The fourth-order valence-electron chi connectivity index (χ4n) is 2.33. The summed E-state index contributed by atoms with van der Waals surface area (Å²) < 4.78 is 26.7. The van der Waals surface area contributed by atoms with Crippen molar-refractivity contribution >= 4 is 21.6 Å². The van der Waals surface area contributed by atoms with Crippen LogP contribution in [0.2, 0.25) is 5.02 Å². The number of hydrogen-bond donors (Lipinski definition) is 1. The Bertz CT molecular complexity index is 574. The van der Waals surface area contributed by atoms with E-state index in [4.69, 9.17) is 17.3 Å². The van der Waals surface area contributed by atoms with Crippen molar-refractivity contribution in [1.82, 2.24) is 4.31 Å². The Kier molecular flexibility index (Phi) is 4.20. The minimum atomic E-state index is -3.47. The lowest BCUT2D eigenvalue weighted by atomic mass is 9.96. The average molecular weight is 303 g/mol. The van der Waals surface area contributed by atoms with Gasteiger partial charge in [0.05, 0.1) is 4.90 Å². The summed E-state index contributed by atoms with van der Waals surface area (Å²) in [5.41, 5.74) is 6.64. The molecular weight excluding hydrogens is 284 g/mol. The normalized spacial score (nSPS) is 25.5. The molecule has 1 saturated heterocycles. The van der Waals surface area contributed by atoms with Crippen LogP contribution in [-0.2, 0) is 10.0 Å². The molecule has 19 heavy (non-hydrogen) atoms. The van der Waals surface area contributed by atoms with Gasteiger partial charge < -0.3 is 5.73 Å². The Morgan fingerprint density at radius 3 is 2.68 bits per heavy atom. The molecule has 2 N–H and O–H groups in total. The van der Waals surface area contributed by atoms with E-state index in [1.807, 2.05) is 0 Å². The van der Waals surface area contributed by atoms with Gasteiger partial charge in [-0.1, -0.05) is 18.5 Å². The molecule has 1 fully saturated rings. The van der Waals surface area contributed by atoms with Crippen molar-refractivity contribution in [3.63, 3.8) is 0 Å². The van der Waals surface area contributed by atoms with Gasteiger partial charge in [0.1, 0.15) is 0 Å². The van der Waals surface area contributed by atoms with Crippen molar-refractivity contribution < 1.29 is 8.42 Å². The maximum atomic E-state index is 12.6. The number of benzene rings is 1. The smallest absolute Gasteiger partial charge is 0.243 e. The van der Waals surface area contributed by atoms with Crippen molar-refractivity contribution in [1.29, 1.82) is 0 Å². The number of nitrogens with two attached hydrogens (primary N) is 1. The van der Waals surface area contributed by atoms with Gasteiger partial charge in [0.25, 0.3) is 0 Å². The van der Waals surface area contributed by atoms with Gasteiger partial charge in [0.15, 0.2) is 0 Å². The van der Waals surface area contributed by atoms with Gasteiger partial charge in [0, 0.05) is 24.2 Å². The SMILES string of the molecule is Cc1cc(Cl)ccc1S(=O)(=O)N1CCC(C)C(N)C1. The fourth-order valence-corrected chi connectivity index (χ4v) is 4.25. The summed E-state index contributed by atoms with van der Waals surface area (Å²) in [6.07, 6.45) is 0.799. The lowest BCUT2D eigenvalue weighted by Gasteiger charge is -2.34. The third-order valence-corrected chi connectivity index (χ3v) is 5.99. The minimum absolute atomic E-state index is 0.101. The predicted octanol–water partition coefficient (Wildman–Crippen LogP) is 2.01. The molecule has 0 aliphatic carbocycles. The molecule has 2 unspecified atom stereocenters. The van der Waals surface area contributed by atoms with Crippen molar-refractivity contribution in [2.75, 3.05) is 13.1 Å². The van der Waals surface area contributed by atoms with E-state index in [1.54, 1.807) is 25.1 Å². The number of piperidine rings is 1. The number of hydrogen-bond acceptors (Lipinski definition) is 3. The molecule has 1 heterocycles. The molecule has 6 heteroatoms. The minimum Gasteiger partial charge on any atom is -0.326 e. The molecule has 0 aromatic heterocycles. The maximum Gasteiger partial charge on any atom is 0.243 e. The van der Waals surface area contributed by atoms with E-state index >= 15 is 0 Å². The molecule has 106 valence electrons. The zero-order valence-corrected chi connectivity index (χ0v) is 12.7. The number of aryl methyl sites for hydroxylation is 1. The van der Waals surface area contributed by atoms with Crippen LogP contribution in [0.3, 0.4) is 0 Å². The van der Waals surface area contributed by atoms with E-state index in [0.717, 1.165) is 6.42 Å². The second-order valence-corrected chi connectivity index (χ2v) is 7.55. The van der Waals surface area contributed by atoms with Crippen molar-refractivity contribution in [2.45, 2.75) is 31.2 Å². The Morgan fingerprint density at radius 1 is 1.42 bits per heavy atom. The Morgan fingerprint density at radius 2 is 2.11 bits per heavy atom. The van der Waals surface area contributed by atoms with E-state index in [1.165, 1.54) is 4.31 Å². The van der Waals surface area contributed by atoms with Crippen molar-refractivity contribution in [2.24, 2.45) is 11.7 Å². The van der Waals surface area contributed by atoms with Gasteiger partial charge in [-0.05, 0) is 43.0 Å². The molecule has 0 saturated carbocycles. The first-order valence-corrected chi connectivity index (χ1v) is 8.16. The molecule has 1 aliphatic rings. The predicted molar refractivity (Wildman–Crippen MR) is 76.7 cm³/mol. The molecule has 1 aromatic carbocycles. The van der Waals surface area contributed by atoms with Gasteiger partial charge in [0.2, 0.25) is 10.0 Å². The standard InChI is InChI=1S/C13H19ClN2O2S/c1-9-5-6-16(8-12(9)15)19(17,18)13-4-3-11(14)7-10(13)2/h3-4,7,9,12H,5-6,8,15H2,1-2H3. The third-order valence-electron chi connectivity index (χ3n) is 3.73. The zero-order valence-electron chi connectivity index (χ0n) is 11.1. The highest BCUT2D eigenvalue weighted by Gasteiger charge is 2.32. The Balaban J connectivity index is 2.32. The highest BCUT2D eigenvalue weighted by Crippen LogP contribution is 2.26. The Hall–Kier alpha value is -0.620. The number of rotatable bonds is 2. The highest BCUT2D eigenvalue weighted by molar-refractivity contribution is 7.89. The summed E-state index contributed by atoms with van der Waals surface area (Å²) >= 11 is 5.87. The van der Waals surface area contributed by atoms with Crippen LogP contribution < -0.4 is 5.73 Å². The monoisotopic (exact) mass is 302 g/mol. The van der Waals surface area contributed by atoms with E-state index < -0.39 is 10.0 Å². The van der Waals surface area contributed by atoms with Crippen LogP contribution in [0.1, 0.15) is 18.9 Å². The molecule has 2 rings (SSSR count). The lowest BCUT2D eigenvalue weighted by molar-refractivity contribution is 0.253. The zero-order chi connectivity index (χ0) is 14.2. The summed E-state index contributed by atoms with van der Waals surface area (Å²) in [6, 6.07) is 4.74. The number of nitrogens with zero attached hydrogens (tertiary/aromatic N) is 1. The second-order valence-electron chi connectivity index (χ2n) is 5.20. The summed E-state index contributed by atoms with van der Waals surface area (Å²) in [5.74, 6) is 0.359. The topological polar surface area (TPSA) is 63.4 Å². The molecule has 0 bridgehead atoms. The first-order chi connectivity index (χ1) is 8.82. The van der Waals surface area contributed by atoms with E-state index in [-0.39, 0.29) is 6.04 Å². The first-order valence-electron chi connectivity index (χ1n) is 6.34. The van der Waals surface area contributed by atoms with Crippen LogP contribution in [0.15, 0.2) is 23.1 Å². The van der Waals surface area contributed by atoms with Gasteiger partial charge in [-0.2, -0.15) is 4.31 Å². The van der Waals surface area contributed by atoms with Gasteiger partial charge in [-0.15, -0.1) is 0 Å². The van der Waals surface area contributed by atoms with Crippen LogP contribution in [-0.4, -0.2) is 31.9 Å². The molecule has 2 atom stereocenters. The van der Waals surface area contributed by atoms with E-state index in [0.29, 0.717) is 34.5 Å². The molecule has 0 amide bonds. The van der Waals surface area contributed by atoms with E-state index in [2.05, 4.69) is 6.92 Å². The molecule has 1 aromatic rings. The second kappa shape index (κ2) is 5.40. The quantitative estimate of drug-likeness (QED) is 0.909. The van der Waals surface area contributed by atoms with Crippen LogP contribution in [0.4, 0.5) is 0 Å². The third kappa shape index (κ3) is 2.94. The maximum absolute atomic E-state index is 12.6. The summed E-state index contributed by atoms with van der Waals surface area (Å²) in [5, 5.41) is 0.542. The average Bonchev–Trinajstić information content (AvgIpc) is 2.32. The van der Waals surface area contributed by atoms with Crippen LogP contribution >= 0.6 is 11.6 Å². The largest absolute Gasteiger partial charge is 0.326 e. The molecule has 0 radical (unpaired) electrons. The molecule has 0 spiro atoms.